The molecule has 2 aromatic heterocycles. The topological polar surface area (TPSA) is 81.8 Å². The van der Waals surface area contributed by atoms with Crippen LogP contribution in [0.25, 0.3) is 0 Å². The summed E-state index contributed by atoms with van der Waals surface area (Å²) in [5.41, 5.74) is 1.24. The van der Waals surface area contributed by atoms with Gasteiger partial charge in [-0.3, -0.25) is 0 Å². The Morgan fingerprint density at radius 2 is 2.37 bits per heavy atom. The van der Waals surface area contributed by atoms with Crippen molar-refractivity contribution in [3.05, 3.63) is 40.0 Å². The normalized spacial score (nSPS) is 11.8. The summed E-state index contributed by atoms with van der Waals surface area (Å²) >= 11 is 1.56. The van der Waals surface area contributed by atoms with E-state index in [1.54, 1.807) is 36.6 Å². The van der Waals surface area contributed by atoms with E-state index in [4.69, 9.17) is 5.26 Å². The number of nitrogens with one attached hydrogen (secondary N) is 1. The Labute approximate surface area is 115 Å². The van der Waals surface area contributed by atoms with Crippen molar-refractivity contribution in [2.45, 2.75) is 19.4 Å². The molecule has 19 heavy (non-hydrogen) atoms. The number of aliphatic hydroxyl groups excluding tert-OH is 1. The number of nitriles is 1. The first-order valence-corrected chi connectivity index (χ1v) is 6.74. The molecule has 0 aliphatic heterocycles. The lowest BCUT2D eigenvalue weighted by Gasteiger charge is -2.16. The number of rotatable bonds is 5. The van der Waals surface area contributed by atoms with Crippen LogP contribution in [-0.2, 0) is 6.42 Å². The van der Waals surface area contributed by atoms with Crippen LogP contribution in [0.15, 0.2) is 23.7 Å². The summed E-state index contributed by atoms with van der Waals surface area (Å²) in [5.74, 6) is 0.659. The second kappa shape index (κ2) is 6.27. The van der Waals surface area contributed by atoms with Gasteiger partial charge in [0.25, 0.3) is 0 Å². The van der Waals surface area contributed by atoms with Gasteiger partial charge in [-0.15, -0.1) is 11.3 Å². The monoisotopic (exact) mass is 274 g/mol. The van der Waals surface area contributed by atoms with Gasteiger partial charge in [-0.1, -0.05) is 0 Å². The molecule has 1 unspecified atom stereocenters. The van der Waals surface area contributed by atoms with E-state index < -0.39 is 0 Å². The van der Waals surface area contributed by atoms with Crippen LogP contribution >= 0.6 is 11.3 Å². The Hall–Kier alpha value is -1.97. The van der Waals surface area contributed by atoms with Crippen LogP contribution in [0, 0.1) is 18.3 Å². The van der Waals surface area contributed by atoms with Crippen molar-refractivity contribution in [1.29, 1.82) is 5.26 Å². The van der Waals surface area contributed by atoms with Crippen LogP contribution in [-0.4, -0.2) is 27.7 Å². The molecule has 0 saturated heterocycles. The van der Waals surface area contributed by atoms with Crippen molar-refractivity contribution in [3.63, 3.8) is 0 Å². The third kappa shape index (κ3) is 3.50. The van der Waals surface area contributed by atoms with Crippen LogP contribution in [0.2, 0.25) is 0 Å². The molecule has 98 valence electrons. The SMILES string of the molecule is Cc1nc(NC(CO)Cc2nccs2)ccc1C#N. The number of aromatic nitrogens is 2. The number of anilines is 1. The molecule has 5 nitrogen and oxygen atoms in total. The molecule has 2 N–H and O–H groups in total. The van der Waals surface area contributed by atoms with Gasteiger partial charge in [0.15, 0.2) is 0 Å². The summed E-state index contributed by atoms with van der Waals surface area (Å²) in [7, 11) is 0. The average molecular weight is 274 g/mol. The smallest absolute Gasteiger partial charge is 0.126 e. The van der Waals surface area contributed by atoms with E-state index in [1.807, 2.05) is 5.38 Å². The number of pyridine rings is 1. The van der Waals surface area contributed by atoms with Crippen molar-refractivity contribution in [2.24, 2.45) is 0 Å². The molecule has 0 bridgehead atoms. The number of aryl methyl sites for hydroxylation is 1. The van der Waals surface area contributed by atoms with Crippen LogP contribution in [0.5, 0.6) is 0 Å². The highest BCUT2D eigenvalue weighted by atomic mass is 32.1. The summed E-state index contributed by atoms with van der Waals surface area (Å²) in [5, 5.41) is 24.3. The summed E-state index contributed by atoms with van der Waals surface area (Å²) in [6.45, 7) is 1.79. The molecule has 0 saturated carbocycles. The van der Waals surface area contributed by atoms with E-state index in [-0.39, 0.29) is 12.6 Å². The highest BCUT2D eigenvalue weighted by molar-refractivity contribution is 7.09. The van der Waals surface area contributed by atoms with Gasteiger partial charge in [-0.25, -0.2) is 9.97 Å². The molecule has 0 aliphatic carbocycles. The predicted octanol–water partition coefficient (Wildman–Crippen LogP) is 1.73. The Bertz CT molecular complexity index is 577. The van der Waals surface area contributed by atoms with E-state index in [9.17, 15) is 5.11 Å². The molecule has 1 atom stereocenters. The number of aliphatic hydroxyl groups is 1. The first-order valence-electron chi connectivity index (χ1n) is 5.86. The number of thiazole rings is 1. The molecule has 2 heterocycles. The van der Waals surface area contributed by atoms with Gasteiger partial charge in [-0.2, -0.15) is 5.26 Å². The number of hydrogen-bond acceptors (Lipinski definition) is 6. The van der Waals surface area contributed by atoms with Crippen LogP contribution < -0.4 is 5.32 Å². The van der Waals surface area contributed by atoms with Gasteiger partial charge in [0.2, 0.25) is 0 Å². The second-order valence-corrected chi connectivity index (χ2v) is 5.07. The maximum absolute atomic E-state index is 9.39. The lowest BCUT2D eigenvalue weighted by Crippen LogP contribution is -2.26. The first kappa shape index (κ1) is 13.5. The molecule has 0 amide bonds. The van der Waals surface area contributed by atoms with Crippen molar-refractivity contribution >= 4 is 17.2 Å². The largest absolute Gasteiger partial charge is 0.394 e. The van der Waals surface area contributed by atoms with Gasteiger partial charge >= 0.3 is 0 Å². The molecular weight excluding hydrogens is 260 g/mol. The van der Waals surface area contributed by atoms with E-state index in [0.717, 1.165) is 5.01 Å². The molecule has 0 radical (unpaired) electrons. The minimum absolute atomic E-state index is 0.000307. The Balaban J connectivity index is 2.06. The molecule has 0 spiro atoms. The molecule has 0 aliphatic rings. The van der Waals surface area contributed by atoms with Crippen LogP contribution in [0.1, 0.15) is 16.3 Å². The quantitative estimate of drug-likeness (QED) is 0.867. The summed E-state index contributed by atoms with van der Waals surface area (Å²) in [6, 6.07) is 5.42. The molecule has 0 fully saturated rings. The maximum atomic E-state index is 9.39. The fraction of sp³-hybridized carbons (Fsp3) is 0.308. The van der Waals surface area contributed by atoms with Crippen molar-refractivity contribution in [1.82, 2.24) is 9.97 Å². The zero-order chi connectivity index (χ0) is 13.7. The molecule has 2 rings (SSSR count). The fourth-order valence-electron chi connectivity index (χ4n) is 1.69. The predicted molar refractivity (Wildman–Crippen MR) is 74.0 cm³/mol. The van der Waals surface area contributed by atoms with Crippen molar-refractivity contribution in [3.8, 4) is 6.07 Å². The third-order valence-electron chi connectivity index (χ3n) is 2.68. The van der Waals surface area contributed by atoms with E-state index in [2.05, 4.69) is 21.4 Å². The third-order valence-corrected chi connectivity index (χ3v) is 3.49. The lowest BCUT2D eigenvalue weighted by molar-refractivity contribution is 0.273. The molecule has 0 aromatic carbocycles. The minimum atomic E-state index is -0.133. The summed E-state index contributed by atoms with van der Waals surface area (Å²) in [4.78, 5) is 8.49. The zero-order valence-electron chi connectivity index (χ0n) is 10.5. The van der Waals surface area contributed by atoms with Crippen molar-refractivity contribution < 1.29 is 5.11 Å². The summed E-state index contributed by atoms with van der Waals surface area (Å²) in [6.07, 6.45) is 2.40. The van der Waals surface area contributed by atoms with E-state index in [0.29, 0.717) is 23.5 Å². The van der Waals surface area contributed by atoms with Crippen molar-refractivity contribution in [2.75, 3.05) is 11.9 Å². The van der Waals surface area contributed by atoms with Crippen LogP contribution in [0.3, 0.4) is 0 Å². The standard InChI is InChI=1S/C13H14N4OS/c1-9-10(7-14)2-3-12(16-9)17-11(8-18)6-13-15-4-5-19-13/h2-5,11,18H,6,8H2,1H3,(H,16,17). The second-order valence-electron chi connectivity index (χ2n) is 4.10. The number of hydrogen-bond donors (Lipinski definition) is 2. The van der Waals surface area contributed by atoms with E-state index >= 15 is 0 Å². The van der Waals surface area contributed by atoms with Gasteiger partial charge in [0.1, 0.15) is 11.9 Å². The van der Waals surface area contributed by atoms with Gasteiger partial charge < -0.3 is 10.4 Å². The number of nitrogens with zero attached hydrogens (tertiary/aromatic N) is 3. The zero-order valence-corrected chi connectivity index (χ0v) is 11.3. The first-order chi connectivity index (χ1) is 9.22. The fourth-order valence-corrected chi connectivity index (χ4v) is 2.39. The van der Waals surface area contributed by atoms with Gasteiger partial charge in [-0.05, 0) is 19.1 Å². The summed E-state index contributed by atoms with van der Waals surface area (Å²) < 4.78 is 0. The van der Waals surface area contributed by atoms with Gasteiger partial charge in [0, 0.05) is 18.0 Å². The Kier molecular flexibility index (Phi) is 4.44. The average Bonchev–Trinajstić information content (AvgIpc) is 2.91. The Morgan fingerprint density at radius 1 is 1.53 bits per heavy atom. The molecular formula is C13H14N4OS. The minimum Gasteiger partial charge on any atom is -0.394 e. The maximum Gasteiger partial charge on any atom is 0.126 e. The molecule has 2 aromatic rings. The van der Waals surface area contributed by atoms with E-state index in [1.165, 1.54) is 0 Å². The van der Waals surface area contributed by atoms with Crippen LogP contribution in [0.4, 0.5) is 5.82 Å². The highest BCUT2D eigenvalue weighted by Gasteiger charge is 2.11. The highest BCUT2D eigenvalue weighted by Crippen LogP contribution is 2.13. The Morgan fingerprint density at radius 3 is 2.95 bits per heavy atom. The van der Waals surface area contributed by atoms with Gasteiger partial charge in [0.05, 0.1) is 28.9 Å². The lowest BCUT2D eigenvalue weighted by atomic mass is 10.2. The molecule has 6 heteroatoms.